The highest BCUT2D eigenvalue weighted by atomic mass is 15.3. The topological polar surface area (TPSA) is 47.1 Å². The summed E-state index contributed by atoms with van der Waals surface area (Å²) in [5.74, 6) is 0.842. The van der Waals surface area contributed by atoms with Crippen LogP contribution in [0.2, 0.25) is 0 Å². The average Bonchev–Trinajstić information content (AvgIpc) is 2.80. The molecule has 1 aromatic rings. The molecule has 3 atom stereocenters. The molecule has 1 aliphatic rings. The molecule has 4 nitrogen and oxygen atoms in total. The van der Waals surface area contributed by atoms with Crippen molar-refractivity contribution in [2.24, 2.45) is 18.7 Å². The summed E-state index contributed by atoms with van der Waals surface area (Å²) in [6, 6.07) is 0.964. The van der Waals surface area contributed by atoms with Gasteiger partial charge in [-0.3, -0.25) is 9.58 Å². The van der Waals surface area contributed by atoms with Gasteiger partial charge in [0.05, 0.1) is 11.7 Å². The van der Waals surface area contributed by atoms with Gasteiger partial charge >= 0.3 is 0 Å². The molecule has 0 saturated heterocycles. The molecule has 0 spiro atoms. The van der Waals surface area contributed by atoms with Gasteiger partial charge in [0, 0.05) is 31.4 Å². The minimum atomic E-state index is 0.300. The van der Waals surface area contributed by atoms with Crippen molar-refractivity contribution in [1.82, 2.24) is 14.7 Å². The zero-order valence-corrected chi connectivity index (χ0v) is 13.5. The second kappa shape index (κ2) is 6.72. The van der Waals surface area contributed by atoms with Gasteiger partial charge in [-0.1, -0.05) is 26.7 Å². The Morgan fingerprint density at radius 1 is 1.50 bits per heavy atom. The van der Waals surface area contributed by atoms with Crippen LogP contribution in [0.1, 0.15) is 56.8 Å². The highest BCUT2D eigenvalue weighted by molar-refractivity contribution is 5.22. The van der Waals surface area contributed by atoms with Gasteiger partial charge in [0.15, 0.2) is 0 Å². The van der Waals surface area contributed by atoms with Gasteiger partial charge in [-0.05, 0) is 32.2 Å². The van der Waals surface area contributed by atoms with E-state index in [1.807, 2.05) is 11.7 Å². The van der Waals surface area contributed by atoms with Gasteiger partial charge < -0.3 is 5.73 Å². The Bertz CT molecular complexity index is 426. The maximum absolute atomic E-state index is 6.10. The van der Waals surface area contributed by atoms with Crippen LogP contribution in [-0.2, 0) is 13.5 Å². The van der Waals surface area contributed by atoms with E-state index in [2.05, 4.69) is 37.1 Å². The Labute approximate surface area is 123 Å². The number of aryl methyl sites for hydroxylation is 2. The van der Waals surface area contributed by atoms with Crippen LogP contribution in [0.4, 0.5) is 0 Å². The van der Waals surface area contributed by atoms with Crippen molar-refractivity contribution in [3.05, 3.63) is 17.5 Å². The van der Waals surface area contributed by atoms with E-state index >= 15 is 0 Å². The molecule has 4 heteroatoms. The van der Waals surface area contributed by atoms with Gasteiger partial charge in [0.1, 0.15) is 0 Å². The summed E-state index contributed by atoms with van der Waals surface area (Å²) in [6.07, 6.45) is 8.46. The van der Waals surface area contributed by atoms with Gasteiger partial charge in [-0.25, -0.2) is 0 Å². The highest BCUT2D eigenvalue weighted by Crippen LogP contribution is 2.32. The zero-order chi connectivity index (χ0) is 14.7. The Morgan fingerprint density at radius 2 is 2.25 bits per heavy atom. The van der Waals surface area contributed by atoms with Gasteiger partial charge in [-0.2, -0.15) is 5.10 Å². The van der Waals surface area contributed by atoms with E-state index in [-0.39, 0.29) is 0 Å². The molecule has 20 heavy (non-hydrogen) atoms. The number of likely N-dealkylation sites (N-methyl/N-ethyl adjacent to an activating group) is 1. The molecule has 2 rings (SSSR count). The fourth-order valence-corrected chi connectivity index (χ4v) is 3.65. The van der Waals surface area contributed by atoms with Gasteiger partial charge in [-0.15, -0.1) is 0 Å². The summed E-state index contributed by atoms with van der Waals surface area (Å²) in [7, 11) is 4.24. The SMILES string of the molecule is CCc1nn(C)cc1C(CN)N(C)C1CCCC(C)C1. The Kier molecular flexibility index (Phi) is 5.22. The first kappa shape index (κ1) is 15.5. The van der Waals surface area contributed by atoms with E-state index in [4.69, 9.17) is 5.73 Å². The molecule has 3 unspecified atom stereocenters. The molecule has 1 saturated carbocycles. The monoisotopic (exact) mass is 278 g/mol. The van der Waals surface area contributed by atoms with Gasteiger partial charge in [0.25, 0.3) is 0 Å². The molecule has 1 aliphatic carbocycles. The van der Waals surface area contributed by atoms with E-state index in [1.165, 1.54) is 36.9 Å². The molecule has 0 radical (unpaired) electrons. The minimum Gasteiger partial charge on any atom is -0.329 e. The maximum atomic E-state index is 6.10. The molecule has 2 N–H and O–H groups in total. The summed E-state index contributed by atoms with van der Waals surface area (Å²) >= 11 is 0. The molecular formula is C16H30N4. The summed E-state index contributed by atoms with van der Waals surface area (Å²) in [5.41, 5.74) is 8.61. The molecule has 0 amide bonds. The number of rotatable bonds is 5. The Hall–Kier alpha value is -0.870. The van der Waals surface area contributed by atoms with Crippen molar-refractivity contribution >= 4 is 0 Å². The predicted molar refractivity (Wildman–Crippen MR) is 83.6 cm³/mol. The lowest BCUT2D eigenvalue weighted by Crippen LogP contribution is -2.41. The zero-order valence-electron chi connectivity index (χ0n) is 13.5. The lowest BCUT2D eigenvalue weighted by molar-refractivity contribution is 0.120. The van der Waals surface area contributed by atoms with E-state index < -0.39 is 0 Å². The minimum absolute atomic E-state index is 0.300. The van der Waals surface area contributed by atoms with Crippen LogP contribution in [0.5, 0.6) is 0 Å². The molecule has 1 fully saturated rings. The third kappa shape index (κ3) is 3.23. The van der Waals surface area contributed by atoms with Crippen molar-refractivity contribution in [3.8, 4) is 0 Å². The van der Waals surface area contributed by atoms with Crippen LogP contribution in [0.25, 0.3) is 0 Å². The molecule has 0 aromatic carbocycles. The van der Waals surface area contributed by atoms with E-state index in [0.29, 0.717) is 18.6 Å². The van der Waals surface area contributed by atoms with Crippen LogP contribution >= 0.6 is 0 Å². The molecular weight excluding hydrogens is 248 g/mol. The predicted octanol–water partition coefficient (Wildman–Crippen LogP) is 2.49. The first-order valence-electron chi connectivity index (χ1n) is 8.01. The largest absolute Gasteiger partial charge is 0.329 e. The van der Waals surface area contributed by atoms with Crippen molar-refractivity contribution in [2.45, 2.75) is 58.0 Å². The lowest BCUT2D eigenvalue weighted by atomic mass is 9.85. The van der Waals surface area contributed by atoms with Gasteiger partial charge in [0.2, 0.25) is 0 Å². The second-order valence-electron chi connectivity index (χ2n) is 6.40. The summed E-state index contributed by atoms with van der Waals surface area (Å²) < 4.78 is 1.92. The molecule has 0 bridgehead atoms. The van der Waals surface area contributed by atoms with Crippen molar-refractivity contribution < 1.29 is 0 Å². The number of nitrogens with zero attached hydrogens (tertiary/aromatic N) is 3. The van der Waals surface area contributed by atoms with Crippen LogP contribution < -0.4 is 5.73 Å². The Morgan fingerprint density at radius 3 is 2.85 bits per heavy atom. The van der Waals surface area contributed by atoms with Crippen LogP contribution in [0.3, 0.4) is 0 Å². The smallest absolute Gasteiger partial charge is 0.0670 e. The molecule has 114 valence electrons. The first-order chi connectivity index (χ1) is 9.56. The van der Waals surface area contributed by atoms with E-state index in [9.17, 15) is 0 Å². The normalized spacial score (nSPS) is 25.1. The fourth-order valence-electron chi connectivity index (χ4n) is 3.65. The average molecular weight is 278 g/mol. The molecule has 1 heterocycles. The Balaban J connectivity index is 2.17. The maximum Gasteiger partial charge on any atom is 0.0670 e. The summed E-state index contributed by atoms with van der Waals surface area (Å²) in [5, 5.41) is 4.57. The van der Waals surface area contributed by atoms with E-state index in [1.54, 1.807) is 0 Å². The second-order valence-corrected chi connectivity index (χ2v) is 6.40. The number of hydrogen-bond donors (Lipinski definition) is 1. The number of nitrogens with two attached hydrogens (primary N) is 1. The van der Waals surface area contributed by atoms with E-state index in [0.717, 1.165) is 12.3 Å². The lowest BCUT2D eigenvalue weighted by Gasteiger charge is -2.38. The molecule has 0 aliphatic heterocycles. The number of hydrogen-bond acceptors (Lipinski definition) is 3. The van der Waals surface area contributed by atoms with Crippen LogP contribution in [0, 0.1) is 5.92 Å². The first-order valence-corrected chi connectivity index (χ1v) is 8.01. The van der Waals surface area contributed by atoms with Crippen LogP contribution in [-0.4, -0.2) is 34.3 Å². The summed E-state index contributed by atoms with van der Waals surface area (Å²) in [4.78, 5) is 2.51. The van der Waals surface area contributed by atoms with Crippen LogP contribution in [0.15, 0.2) is 6.20 Å². The summed E-state index contributed by atoms with van der Waals surface area (Å²) in [6.45, 7) is 5.21. The van der Waals surface area contributed by atoms with Crippen molar-refractivity contribution in [1.29, 1.82) is 0 Å². The van der Waals surface area contributed by atoms with Crippen molar-refractivity contribution in [2.75, 3.05) is 13.6 Å². The molecule has 1 aromatic heterocycles. The third-order valence-corrected chi connectivity index (χ3v) is 4.83. The highest BCUT2D eigenvalue weighted by Gasteiger charge is 2.29. The standard InChI is InChI=1S/C16H30N4/c1-5-15-14(11-19(3)18-15)16(10-17)20(4)13-8-6-7-12(2)9-13/h11-13,16H,5-10,17H2,1-4H3. The van der Waals surface area contributed by atoms with Crippen molar-refractivity contribution in [3.63, 3.8) is 0 Å². The fraction of sp³-hybridized carbons (Fsp3) is 0.812. The number of aromatic nitrogens is 2. The third-order valence-electron chi connectivity index (χ3n) is 4.83. The quantitative estimate of drug-likeness (QED) is 0.900.